The van der Waals surface area contributed by atoms with Crippen LogP contribution in [0.1, 0.15) is 24.5 Å². The van der Waals surface area contributed by atoms with E-state index in [9.17, 15) is 4.39 Å². The maximum atomic E-state index is 13.9. The number of nitrogens with one attached hydrogen (secondary N) is 1. The lowest BCUT2D eigenvalue weighted by atomic mass is 10.2. The second-order valence-electron chi connectivity index (χ2n) is 4.90. The summed E-state index contributed by atoms with van der Waals surface area (Å²) >= 11 is 0. The second-order valence-corrected chi connectivity index (χ2v) is 4.90. The van der Waals surface area contributed by atoms with Gasteiger partial charge >= 0.3 is 0 Å². The number of pyridine rings is 1. The summed E-state index contributed by atoms with van der Waals surface area (Å²) in [7, 11) is 0. The summed E-state index contributed by atoms with van der Waals surface area (Å²) in [5.74, 6) is -0.00452. The molecule has 21 heavy (non-hydrogen) atoms. The molecule has 0 atom stereocenters. The number of ether oxygens (including phenoxy) is 1. The molecule has 0 aliphatic carbocycles. The summed E-state index contributed by atoms with van der Waals surface area (Å²) in [6, 6.07) is 8.98. The van der Waals surface area contributed by atoms with Crippen molar-refractivity contribution < 1.29 is 9.13 Å². The first-order valence-corrected chi connectivity index (χ1v) is 7.30. The van der Waals surface area contributed by atoms with Crippen molar-refractivity contribution in [3.8, 4) is 5.75 Å². The van der Waals surface area contributed by atoms with E-state index in [4.69, 9.17) is 4.74 Å². The Morgan fingerprint density at radius 2 is 2.14 bits per heavy atom. The Kier molecular flexibility index (Phi) is 6.16. The van der Waals surface area contributed by atoms with Gasteiger partial charge in [0.15, 0.2) is 11.6 Å². The third-order valence-corrected chi connectivity index (χ3v) is 3.12. The highest BCUT2D eigenvalue weighted by Crippen LogP contribution is 2.18. The fourth-order valence-electron chi connectivity index (χ4n) is 2.01. The molecule has 0 radical (unpaired) electrons. The lowest BCUT2D eigenvalue weighted by molar-refractivity contribution is 0.305. The molecule has 0 aliphatic rings. The molecule has 2 rings (SSSR count). The molecule has 3 nitrogen and oxygen atoms in total. The molecule has 0 fully saturated rings. The molecule has 1 aromatic carbocycles. The molecule has 1 heterocycles. The largest absolute Gasteiger partial charge is 0.490 e. The number of benzene rings is 1. The van der Waals surface area contributed by atoms with Gasteiger partial charge < -0.3 is 10.1 Å². The molecule has 0 saturated heterocycles. The first kappa shape index (κ1) is 15.4. The monoisotopic (exact) mass is 288 g/mol. The van der Waals surface area contributed by atoms with Crippen LogP contribution in [0, 0.1) is 5.82 Å². The Balaban J connectivity index is 1.83. The number of hydrogen-bond acceptors (Lipinski definition) is 3. The molecule has 0 unspecified atom stereocenters. The lowest BCUT2D eigenvalue weighted by Crippen LogP contribution is -2.14. The minimum absolute atomic E-state index is 0.304. The molecular weight excluding hydrogens is 267 g/mol. The summed E-state index contributed by atoms with van der Waals surface area (Å²) in [6.45, 7) is 4.16. The van der Waals surface area contributed by atoms with E-state index in [2.05, 4.69) is 17.2 Å². The van der Waals surface area contributed by atoms with Gasteiger partial charge in [-0.2, -0.15) is 0 Å². The zero-order chi connectivity index (χ0) is 14.9. The van der Waals surface area contributed by atoms with Crippen LogP contribution in [-0.2, 0) is 13.0 Å². The van der Waals surface area contributed by atoms with Crippen LogP contribution in [0.3, 0.4) is 0 Å². The lowest BCUT2D eigenvalue weighted by Gasteiger charge is -2.09. The first-order valence-electron chi connectivity index (χ1n) is 7.30. The molecule has 2 aromatic rings. The maximum absolute atomic E-state index is 13.9. The summed E-state index contributed by atoms with van der Waals surface area (Å²) in [5, 5.41) is 3.25. The van der Waals surface area contributed by atoms with Gasteiger partial charge in [0, 0.05) is 25.4 Å². The van der Waals surface area contributed by atoms with Crippen molar-refractivity contribution in [3.05, 3.63) is 59.7 Å². The number of rotatable bonds is 8. The Morgan fingerprint density at radius 3 is 2.86 bits per heavy atom. The second kappa shape index (κ2) is 8.37. The molecule has 4 heteroatoms. The molecule has 1 aromatic heterocycles. The maximum Gasteiger partial charge on any atom is 0.165 e. The van der Waals surface area contributed by atoms with Crippen LogP contribution >= 0.6 is 0 Å². The van der Waals surface area contributed by atoms with Crippen LogP contribution in [0.5, 0.6) is 5.75 Å². The smallest absolute Gasteiger partial charge is 0.165 e. The van der Waals surface area contributed by atoms with E-state index < -0.39 is 0 Å². The molecule has 0 aliphatic heterocycles. The van der Waals surface area contributed by atoms with Crippen molar-refractivity contribution in [2.75, 3.05) is 13.2 Å². The predicted octanol–water partition coefficient (Wildman–Crippen LogP) is 3.34. The van der Waals surface area contributed by atoms with E-state index in [1.165, 1.54) is 6.07 Å². The predicted molar refractivity (Wildman–Crippen MR) is 81.8 cm³/mol. The molecule has 0 spiro atoms. The van der Waals surface area contributed by atoms with Crippen molar-refractivity contribution >= 4 is 0 Å². The van der Waals surface area contributed by atoms with Gasteiger partial charge in [0.1, 0.15) is 0 Å². The van der Waals surface area contributed by atoms with E-state index >= 15 is 0 Å². The van der Waals surface area contributed by atoms with Crippen LogP contribution in [0.15, 0.2) is 42.7 Å². The van der Waals surface area contributed by atoms with Gasteiger partial charge in [-0.05, 0) is 42.3 Å². The Bertz CT molecular complexity index is 546. The summed E-state index contributed by atoms with van der Waals surface area (Å²) < 4.78 is 19.4. The van der Waals surface area contributed by atoms with Crippen molar-refractivity contribution in [2.24, 2.45) is 0 Å². The van der Waals surface area contributed by atoms with Gasteiger partial charge in [-0.25, -0.2) is 4.39 Å². The van der Waals surface area contributed by atoms with Crippen molar-refractivity contribution in [3.63, 3.8) is 0 Å². The van der Waals surface area contributed by atoms with Gasteiger partial charge in [0.25, 0.3) is 0 Å². The zero-order valence-corrected chi connectivity index (χ0v) is 12.3. The van der Waals surface area contributed by atoms with Gasteiger partial charge in [0.05, 0.1) is 6.61 Å². The summed E-state index contributed by atoms with van der Waals surface area (Å²) in [5.41, 5.74) is 2.01. The van der Waals surface area contributed by atoms with E-state index in [1.807, 2.05) is 18.2 Å². The topological polar surface area (TPSA) is 34.1 Å². The fourth-order valence-corrected chi connectivity index (χ4v) is 2.01. The zero-order valence-electron chi connectivity index (χ0n) is 12.3. The van der Waals surface area contributed by atoms with E-state index in [0.717, 1.165) is 24.1 Å². The van der Waals surface area contributed by atoms with E-state index in [0.29, 0.717) is 25.3 Å². The van der Waals surface area contributed by atoms with Crippen LogP contribution in [0.25, 0.3) is 0 Å². The Labute approximate surface area is 125 Å². The SMILES string of the molecule is CCCNCc1ccc(OCCc2cccnc2)c(F)c1. The van der Waals surface area contributed by atoms with Gasteiger partial charge in [0.2, 0.25) is 0 Å². The number of aromatic nitrogens is 1. The number of halogens is 1. The normalized spacial score (nSPS) is 10.6. The average molecular weight is 288 g/mol. The van der Waals surface area contributed by atoms with Crippen molar-refractivity contribution in [1.29, 1.82) is 0 Å². The van der Waals surface area contributed by atoms with Crippen LogP contribution < -0.4 is 10.1 Å². The van der Waals surface area contributed by atoms with Crippen molar-refractivity contribution in [1.82, 2.24) is 10.3 Å². The molecule has 0 saturated carbocycles. The van der Waals surface area contributed by atoms with E-state index in [1.54, 1.807) is 18.5 Å². The van der Waals surface area contributed by atoms with Crippen LogP contribution in [0.2, 0.25) is 0 Å². The Morgan fingerprint density at radius 1 is 1.24 bits per heavy atom. The summed E-state index contributed by atoms with van der Waals surface area (Å²) in [6.07, 6.45) is 5.31. The van der Waals surface area contributed by atoms with Gasteiger partial charge in [-0.3, -0.25) is 4.98 Å². The van der Waals surface area contributed by atoms with Crippen molar-refractivity contribution in [2.45, 2.75) is 26.3 Å². The number of hydrogen-bond donors (Lipinski definition) is 1. The minimum Gasteiger partial charge on any atom is -0.490 e. The van der Waals surface area contributed by atoms with Gasteiger partial charge in [-0.15, -0.1) is 0 Å². The van der Waals surface area contributed by atoms with Crippen LogP contribution in [-0.4, -0.2) is 18.1 Å². The quantitative estimate of drug-likeness (QED) is 0.756. The molecule has 0 amide bonds. The average Bonchev–Trinajstić information content (AvgIpc) is 2.51. The molecule has 0 bridgehead atoms. The first-order chi connectivity index (χ1) is 10.3. The fraction of sp³-hybridized carbons (Fsp3) is 0.353. The number of nitrogens with zero attached hydrogens (tertiary/aromatic N) is 1. The highest BCUT2D eigenvalue weighted by Gasteiger charge is 2.05. The highest BCUT2D eigenvalue weighted by molar-refractivity contribution is 5.29. The molecule has 1 N–H and O–H groups in total. The summed E-state index contributed by atoms with van der Waals surface area (Å²) in [4.78, 5) is 4.04. The Hall–Kier alpha value is -1.94. The van der Waals surface area contributed by atoms with Crippen LogP contribution in [0.4, 0.5) is 4.39 Å². The molecule has 112 valence electrons. The molecular formula is C17H21FN2O. The highest BCUT2D eigenvalue weighted by atomic mass is 19.1. The van der Waals surface area contributed by atoms with Gasteiger partial charge in [-0.1, -0.05) is 19.1 Å². The third kappa shape index (κ3) is 5.16. The minimum atomic E-state index is -0.308. The third-order valence-electron chi connectivity index (χ3n) is 3.12. The standard InChI is InChI=1S/C17H21FN2O/c1-2-8-19-13-15-5-6-17(16(18)11-15)21-10-7-14-4-3-9-20-12-14/h3-6,9,11-12,19H,2,7-8,10,13H2,1H3. The van der Waals surface area contributed by atoms with E-state index in [-0.39, 0.29) is 5.82 Å².